The summed E-state index contributed by atoms with van der Waals surface area (Å²) in [6.45, 7) is 1.38. The second kappa shape index (κ2) is 6.72. The average molecular weight is 319 g/mol. The second-order valence-corrected chi connectivity index (χ2v) is 5.62. The average Bonchev–Trinajstić information content (AvgIpc) is 3.35. The summed E-state index contributed by atoms with van der Waals surface area (Å²) >= 11 is 0. The van der Waals surface area contributed by atoms with Crippen LogP contribution in [0.15, 0.2) is 65.2 Å². The first-order chi connectivity index (χ1) is 11.9. The molecule has 120 valence electrons. The van der Waals surface area contributed by atoms with E-state index in [9.17, 15) is 0 Å². The smallest absolute Gasteiger partial charge is 0.160 e. The summed E-state index contributed by atoms with van der Waals surface area (Å²) in [5.41, 5.74) is 2.86. The summed E-state index contributed by atoms with van der Waals surface area (Å²) in [6, 6.07) is 19.8. The van der Waals surface area contributed by atoms with E-state index in [0.717, 1.165) is 29.2 Å². The minimum atomic E-state index is 0.241. The fourth-order valence-electron chi connectivity index (χ4n) is 2.38. The molecule has 0 aliphatic carbocycles. The number of rotatable bonds is 6. The Bertz CT molecular complexity index is 835. The lowest BCUT2D eigenvalue weighted by atomic mass is 10.1. The molecule has 1 aliphatic rings. The quantitative estimate of drug-likeness (QED) is 0.636. The minimum absolute atomic E-state index is 0.241. The Hall–Kier alpha value is -2.85. The van der Waals surface area contributed by atoms with Crippen LogP contribution in [0.4, 0.5) is 0 Å². The van der Waals surface area contributed by atoms with Crippen molar-refractivity contribution >= 4 is 12.2 Å². The molecule has 1 fully saturated rings. The molecular weight excluding hydrogens is 302 g/mol. The lowest BCUT2D eigenvalue weighted by Crippen LogP contribution is -2.04. The topological polar surface area (TPSA) is 47.8 Å². The van der Waals surface area contributed by atoms with E-state index >= 15 is 0 Å². The van der Waals surface area contributed by atoms with E-state index < -0.39 is 0 Å². The Balaban J connectivity index is 1.50. The second-order valence-electron chi connectivity index (χ2n) is 5.62. The van der Waals surface area contributed by atoms with Gasteiger partial charge >= 0.3 is 0 Å². The fraction of sp³-hybridized carbons (Fsp3) is 0.150. The molecule has 1 unspecified atom stereocenters. The molecule has 0 radical (unpaired) electrons. The molecule has 2 aromatic carbocycles. The van der Waals surface area contributed by atoms with Crippen molar-refractivity contribution in [1.82, 2.24) is 5.16 Å². The molecule has 0 saturated carbocycles. The SMILES string of the molecule is C(=C\c1ccccc1OCC1CO1)/c1cc(-c2ccccc2)no1. The van der Waals surface area contributed by atoms with Crippen LogP contribution >= 0.6 is 0 Å². The Kier molecular flexibility index (Phi) is 4.13. The highest BCUT2D eigenvalue weighted by atomic mass is 16.6. The van der Waals surface area contributed by atoms with Gasteiger partial charge in [0.05, 0.1) is 6.61 Å². The maximum atomic E-state index is 5.80. The van der Waals surface area contributed by atoms with Crippen LogP contribution in [0.3, 0.4) is 0 Å². The third-order valence-electron chi connectivity index (χ3n) is 3.77. The molecule has 1 aliphatic heterocycles. The highest BCUT2D eigenvalue weighted by Crippen LogP contribution is 2.24. The fourth-order valence-corrected chi connectivity index (χ4v) is 2.38. The summed E-state index contributed by atoms with van der Waals surface area (Å²) in [4.78, 5) is 0. The molecule has 1 atom stereocenters. The summed E-state index contributed by atoms with van der Waals surface area (Å²) < 4.78 is 16.4. The molecular formula is C20H17NO3. The van der Waals surface area contributed by atoms with Gasteiger partial charge < -0.3 is 14.0 Å². The molecule has 4 nitrogen and oxygen atoms in total. The monoisotopic (exact) mass is 319 g/mol. The van der Waals surface area contributed by atoms with E-state index in [1.807, 2.05) is 72.8 Å². The largest absolute Gasteiger partial charge is 0.490 e. The number of para-hydroxylation sites is 1. The standard InChI is InChI=1S/C20H17NO3/c1-2-6-15(7-3-1)19-12-17(24-21-19)11-10-16-8-4-5-9-20(16)23-14-18-13-22-18/h1-12,18H,13-14H2/b11-10+. The van der Waals surface area contributed by atoms with Gasteiger partial charge in [-0.1, -0.05) is 53.7 Å². The van der Waals surface area contributed by atoms with Crippen molar-refractivity contribution in [2.24, 2.45) is 0 Å². The van der Waals surface area contributed by atoms with E-state index in [2.05, 4.69) is 5.16 Å². The molecule has 24 heavy (non-hydrogen) atoms. The summed E-state index contributed by atoms with van der Waals surface area (Å²) in [7, 11) is 0. The van der Waals surface area contributed by atoms with Crippen molar-refractivity contribution in [3.63, 3.8) is 0 Å². The van der Waals surface area contributed by atoms with Gasteiger partial charge in [0.1, 0.15) is 24.2 Å². The number of hydrogen-bond donors (Lipinski definition) is 0. The van der Waals surface area contributed by atoms with Crippen LogP contribution in [0.1, 0.15) is 11.3 Å². The molecule has 0 amide bonds. The maximum absolute atomic E-state index is 5.80. The zero-order valence-electron chi connectivity index (χ0n) is 13.1. The summed E-state index contributed by atoms with van der Waals surface area (Å²) in [5, 5.41) is 4.11. The number of ether oxygens (including phenoxy) is 2. The van der Waals surface area contributed by atoms with Gasteiger partial charge in [-0.25, -0.2) is 0 Å². The van der Waals surface area contributed by atoms with Gasteiger partial charge in [0.2, 0.25) is 0 Å². The number of aromatic nitrogens is 1. The van der Waals surface area contributed by atoms with E-state index in [4.69, 9.17) is 14.0 Å². The molecule has 2 heterocycles. The Labute approximate surface area is 140 Å². The lowest BCUT2D eigenvalue weighted by Gasteiger charge is -2.07. The molecule has 0 spiro atoms. The van der Waals surface area contributed by atoms with Crippen LogP contribution in [0.25, 0.3) is 23.4 Å². The Morgan fingerprint density at radius 2 is 1.83 bits per heavy atom. The maximum Gasteiger partial charge on any atom is 0.160 e. The third kappa shape index (κ3) is 3.55. The van der Waals surface area contributed by atoms with Crippen molar-refractivity contribution in [3.8, 4) is 17.0 Å². The molecule has 4 rings (SSSR count). The van der Waals surface area contributed by atoms with E-state index in [1.165, 1.54) is 0 Å². The first-order valence-corrected chi connectivity index (χ1v) is 7.92. The van der Waals surface area contributed by atoms with Crippen LogP contribution in [0.5, 0.6) is 5.75 Å². The summed E-state index contributed by atoms with van der Waals surface area (Å²) in [6.07, 6.45) is 4.11. The van der Waals surface area contributed by atoms with Crippen LogP contribution in [0.2, 0.25) is 0 Å². The zero-order chi connectivity index (χ0) is 16.2. The van der Waals surface area contributed by atoms with Crippen molar-refractivity contribution in [2.45, 2.75) is 6.10 Å². The highest BCUT2D eigenvalue weighted by Gasteiger charge is 2.23. The van der Waals surface area contributed by atoms with Crippen molar-refractivity contribution in [3.05, 3.63) is 72.0 Å². The zero-order valence-corrected chi connectivity index (χ0v) is 13.1. The van der Waals surface area contributed by atoms with Crippen molar-refractivity contribution in [1.29, 1.82) is 0 Å². The third-order valence-corrected chi connectivity index (χ3v) is 3.77. The van der Waals surface area contributed by atoms with Crippen molar-refractivity contribution < 1.29 is 14.0 Å². The van der Waals surface area contributed by atoms with Gasteiger partial charge in [0.25, 0.3) is 0 Å². The molecule has 0 bridgehead atoms. The molecule has 1 aromatic heterocycles. The normalized spacial score (nSPS) is 16.4. The molecule has 1 saturated heterocycles. The van der Waals surface area contributed by atoms with E-state index in [0.29, 0.717) is 12.4 Å². The van der Waals surface area contributed by atoms with E-state index in [1.54, 1.807) is 0 Å². The van der Waals surface area contributed by atoms with Crippen LogP contribution in [-0.4, -0.2) is 24.5 Å². The van der Waals surface area contributed by atoms with Gasteiger partial charge in [-0.2, -0.15) is 0 Å². The van der Waals surface area contributed by atoms with E-state index in [-0.39, 0.29) is 6.10 Å². The Morgan fingerprint density at radius 3 is 2.67 bits per heavy atom. The predicted octanol–water partition coefficient (Wildman–Crippen LogP) is 4.29. The number of hydrogen-bond acceptors (Lipinski definition) is 4. The lowest BCUT2D eigenvalue weighted by molar-refractivity contribution is 0.262. The summed E-state index contributed by atoms with van der Waals surface area (Å²) in [5.74, 6) is 1.54. The van der Waals surface area contributed by atoms with Crippen molar-refractivity contribution in [2.75, 3.05) is 13.2 Å². The van der Waals surface area contributed by atoms with Crippen LogP contribution in [0, 0.1) is 0 Å². The molecule has 4 heteroatoms. The van der Waals surface area contributed by atoms with Crippen LogP contribution < -0.4 is 4.74 Å². The molecule has 0 N–H and O–H groups in total. The first-order valence-electron chi connectivity index (χ1n) is 7.92. The minimum Gasteiger partial charge on any atom is -0.490 e. The van der Waals surface area contributed by atoms with Crippen LogP contribution in [-0.2, 0) is 4.74 Å². The number of nitrogens with zero attached hydrogens (tertiary/aromatic N) is 1. The van der Waals surface area contributed by atoms with Gasteiger partial charge in [-0.3, -0.25) is 0 Å². The first kappa shape index (κ1) is 14.7. The van der Waals surface area contributed by atoms with Gasteiger partial charge in [-0.15, -0.1) is 0 Å². The number of epoxide rings is 1. The van der Waals surface area contributed by atoms with Gasteiger partial charge in [0.15, 0.2) is 5.76 Å². The van der Waals surface area contributed by atoms with Gasteiger partial charge in [0, 0.05) is 17.2 Å². The predicted molar refractivity (Wildman–Crippen MR) is 92.5 cm³/mol. The Morgan fingerprint density at radius 1 is 1.04 bits per heavy atom. The highest BCUT2D eigenvalue weighted by molar-refractivity contribution is 5.72. The van der Waals surface area contributed by atoms with Gasteiger partial charge in [-0.05, 0) is 18.2 Å². The molecule has 3 aromatic rings. The number of benzene rings is 2.